The van der Waals surface area contributed by atoms with Gasteiger partial charge in [-0.15, -0.1) is 0 Å². The van der Waals surface area contributed by atoms with Crippen molar-refractivity contribution in [2.45, 2.75) is 52.4 Å². The molecule has 0 radical (unpaired) electrons. The first-order valence-corrected chi connectivity index (χ1v) is 8.75. The number of carbonyl (C=O) groups excluding carboxylic acids is 1. The van der Waals surface area contributed by atoms with Crippen molar-refractivity contribution in [1.29, 1.82) is 0 Å². The number of carboxylic acid groups (broad SMARTS) is 1. The molecule has 144 valence electrons. The number of phenols is 1. The lowest BCUT2D eigenvalue weighted by atomic mass is 9.79. The molecule has 5 heteroatoms. The lowest BCUT2D eigenvalue weighted by Gasteiger charge is -2.28. The number of carboxylic acids is 1. The molecule has 0 bridgehead atoms. The second-order valence-corrected chi connectivity index (χ2v) is 8.61. The van der Waals surface area contributed by atoms with Gasteiger partial charge in [0.05, 0.1) is 11.1 Å². The van der Waals surface area contributed by atoms with Crippen LogP contribution < -0.4 is 4.74 Å². The molecule has 0 aromatic heterocycles. The van der Waals surface area contributed by atoms with E-state index in [2.05, 4.69) is 0 Å². The summed E-state index contributed by atoms with van der Waals surface area (Å²) in [5, 5.41) is 20.0. The number of hydrogen-bond acceptors (Lipinski definition) is 4. The fourth-order valence-electron chi connectivity index (χ4n) is 2.82. The zero-order chi connectivity index (χ0) is 20.6. The molecule has 2 aromatic rings. The lowest BCUT2D eigenvalue weighted by molar-refractivity contribution is 0.0667. The topological polar surface area (TPSA) is 83.8 Å². The van der Waals surface area contributed by atoms with Gasteiger partial charge in [-0.2, -0.15) is 0 Å². The van der Waals surface area contributed by atoms with E-state index in [1.807, 2.05) is 41.5 Å². The van der Waals surface area contributed by atoms with Crippen LogP contribution in [0.3, 0.4) is 0 Å². The Morgan fingerprint density at radius 1 is 0.852 bits per heavy atom. The van der Waals surface area contributed by atoms with E-state index in [4.69, 9.17) is 4.74 Å². The van der Waals surface area contributed by atoms with Gasteiger partial charge >= 0.3 is 11.9 Å². The molecule has 0 atom stereocenters. The van der Waals surface area contributed by atoms with Crippen LogP contribution >= 0.6 is 0 Å². The Bertz CT molecular complexity index is 847. The fraction of sp³-hybridized carbons (Fsp3) is 0.364. The van der Waals surface area contributed by atoms with Crippen molar-refractivity contribution in [1.82, 2.24) is 0 Å². The van der Waals surface area contributed by atoms with Gasteiger partial charge in [-0.25, -0.2) is 9.59 Å². The Hall–Kier alpha value is -2.82. The van der Waals surface area contributed by atoms with E-state index in [0.29, 0.717) is 11.1 Å². The van der Waals surface area contributed by atoms with Gasteiger partial charge in [0.1, 0.15) is 11.5 Å². The van der Waals surface area contributed by atoms with E-state index in [9.17, 15) is 19.8 Å². The Balaban J connectivity index is 2.54. The van der Waals surface area contributed by atoms with Crippen molar-refractivity contribution in [2.24, 2.45) is 0 Å². The fourth-order valence-corrected chi connectivity index (χ4v) is 2.82. The molecule has 2 aromatic carbocycles. The zero-order valence-corrected chi connectivity index (χ0v) is 16.6. The Labute approximate surface area is 159 Å². The van der Waals surface area contributed by atoms with Crippen LogP contribution in [0.1, 0.15) is 73.4 Å². The third-order valence-electron chi connectivity index (χ3n) is 4.29. The minimum atomic E-state index is -1.20. The predicted molar refractivity (Wildman–Crippen MR) is 104 cm³/mol. The molecule has 2 rings (SSSR count). The molecule has 2 N–H and O–H groups in total. The van der Waals surface area contributed by atoms with E-state index in [1.165, 1.54) is 12.1 Å². The largest absolute Gasteiger partial charge is 0.507 e. The minimum absolute atomic E-state index is 0.0207. The molecule has 0 aliphatic carbocycles. The standard InChI is InChI=1S/C22H26O5/c1-21(2,3)16-11-13(12-17(18(16)23)22(4,5)6)27-20(26)15-10-8-7-9-14(15)19(24)25/h7-12,23H,1-6H3,(H,24,25). The summed E-state index contributed by atoms with van der Waals surface area (Å²) in [5.41, 5.74) is 0.436. The minimum Gasteiger partial charge on any atom is -0.507 e. The highest BCUT2D eigenvalue weighted by molar-refractivity contribution is 6.03. The molecular formula is C22H26O5. The van der Waals surface area contributed by atoms with E-state index in [0.717, 1.165) is 0 Å². The third-order valence-corrected chi connectivity index (χ3v) is 4.29. The van der Waals surface area contributed by atoms with E-state index in [1.54, 1.807) is 24.3 Å². The first-order chi connectivity index (χ1) is 12.3. The van der Waals surface area contributed by atoms with Gasteiger partial charge in [-0.1, -0.05) is 53.7 Å². The van der Waals surface area contributed by atoms with Crippen LogP contribution in [-0.2, 0) is 10.8 Å². The number of aromatic hydroxyl groups is 1. The molecule has 0 heterocycles. The molecule has 0 saturated heterocycles. The highest BCUT2D eigenvalue weighted by Crippen LogP contribution is 2.41. The van der Waals surface area contributed by atoms with Gasteiger partial charge in [0.15, 0.2) is 0 Å². The molecule has 27 heavy (non-hydrogen) atoms. The SMILES string of the molecule is CC(C)(C)c1cc(OC(=O)c2ccccc2C(=O)O)cc(C(C)(C)C)c1O. The molecule has 0 fully saturated rings. The maximum Gasteiger partial charge on any atom is 0.344 e. The van der Waals surface area contributed by atoms with Crippen LogP contribution in [0.5, 0.6) is 11.5 Å². The number of aromatic carboxylic acids is 1. The van der Waals surface area contributed by atoms with Crippen LogP contribution in [0.2, 0.25) is 0 Å². The van der Waals surface area contributed by atoms with Crippen LogP contribution in [0.25, 0.3) is 0 Å². The van der Waals surface area contributed by atoms with Crippen LogP contribution in [-0.4, -0.2) is 22.2 Å². The predicted octanol–water partition coefficient (Wildman–Crippen LogP) is 4.90. The summed E-state index contributed by atoms with van der Waals surface area (Å²) in [7, 11) is 0. The van der Waals surface area contributed by atoms with Gasteiger partial charge in [0.2, 0.25) is 0 Å². The Kier molecular flexibility index (Phi) is 5.36. The second kappa shape index (κ2) is 7.06. The molecule has 5 nitrogen and oxygen atoms in total. The van der Waals surface area contributed by atoms with Crippen molar-refractivity contribution in [3.63, 3.8) is 0 Å². The number of esters is 1. The average molecular weight is 370 g/mol. The molecule has 0 aliphatic rings. The molecule has 0 aliphatic heterocycles. The van der Waals surface area contributed by atoms with Crippen LogP contribution in [0.15, 0.2) is 36.4 Å². The maximum absolute atomic E-state index is 12.6. The van der Waals surface area contributed by atoms with Crippen molar-refractivity contribution in [3.05, 3.63) is 58.7 Å². The smallest absolute Gasteiger partial charge is 0.344 e. The summed E-state index contributed by atoms with van der Waals surface area (Å²) in [6.45, 7) is 11.7. The third kappa shape index (κ3) is 4.48. The summed E-state index contributed by atoms with van der Waals surface area (Å²) in [6.07, 6.45) is 0. The Morgan fingerprint density at radius 3 is 1.70 bits per heavy atom. The van der Waals surface area contributed by atoms with Gasteiger partial charge in [0.25, 0.3) is 0 Å². The van der Waals surface area contributed by atoms with Crippen LogP contribution in [0, 0.1) is 0 Å². The summed E-state index contributed by atoms with van der Waals surface area (Å²) in [4.78, 5) is 24.0. The first-order valence-electron chi connectivity index (χ1n) is 8.75. The number of benzene rings is 2. The molecule has 0 unspecified atom stereocenters. The summed E-state index contributed by atoms with van der Waals surface area (Å²) in [5.74, 6) is -1.49. The second-order valence-electron chi connectivity index (χ2n) is 8.61. The Morgan fingerprint density at radius 2 is 1.30 bits per heavy atom. The maximum atomic E-state index is 12.6. The number of phenolic OH excluding ortho intramolecular Hbond substituents is 1. The van der Waals surface area contributed by atoms with Crippen molar-refractivity contribution in [3.8, 4) is 11.5 Å². The summed E-state index contributed by atoms with van der Waals surface area (Å²) in [6, 6.07) is 9.17. The monoisotopic (exact) mass is 370 g/mol. The molecule has 0 amide bonds. The summed E-state index contributed by atoms with van der Waals surface area (Å²) >= 11 is 0. The molecular weight excluding hydrogens is 344 g/mol. The highest BCUT2D eigenvalue weighted by atomic mass is 16.5. The lowest BCUT2D eigenvalue weighted by Crippen LogP contribution is -2.19. The van der Waals surface area contributed by atoms with Gasteiger partial charge in [0, 0.05) is 11.1 Å². The molecule has 0 saturated carbocycles. The van der Waals surface area contributed by atoms with Crippen molar-refractivity contribution in [2.75, 3.05) is 0 Å². The average Bonchev–Trinajstić information content (AvgIpc) is 2.54. The van der Waals surface area contributed by atoms with Crippen LogP contribution in [0.4, 0.5) is 0 Å². The number of ether oxygens (including phenoxy) is 1. The van der Waals surface area contributed by atoms with E-state index >= 15 is 0 Å². The highest BCUT2D eigenvalue weighted by Gasteiger charge is 2.28. The molecule has 0 spiro atoms. The van der Waals surface area contributed by atoms with Gasteiger partial charge < -0.3 is 14.9 Å². The van der Waals surface area contributed by atoms with E-state index < -0.39 is 11.9 Å². The first kappa shape index (κ1) is 20.5. The van der Waals surface area contributed by atoms with E-state index in [-0.39, 0.29) is 33.5 Å². The number of carbonyl (C=O) groups is 2. The number of hydrogen-bond donors (Lipinski definition) is 2. The van der Waals surface area contributed by atoms with Gasteiger partial charge in [-0.05, 0) is 35.1 Å². The van der Waals surface area contributed by atoms with Crippen molar-refractivity contribution >= 4 is 11.9 Å². The number of rotatable bonds is 3. The van der Waals surface area contributed by atoms with Crippen molar-refractivity contribution < 1.29 is 24.5 Å². The van der Waals surface area contributed by atoms with Gasteiger partial charge in [-0.3, -0.25) is 0 Å². The summed E-state index contributed by atoms with van der Waals surface area (Å²) < 4.78 is 5.50. The quantitative estimate of drug-likeness (QED) is 0.593. The normalized spacial score (nSPS) is 11.9. The zero-order valence-electron chi connectivity index (χ0n) is 16.6.